The average molecular weight is 423 g/mol. The van der Waals surface area contributed by atoms with Gasteiger partial charge in [0.1, 0.15) is 11.1 Å². The molecular formula is C24H21N7O. The highest BCUT2D eigenvalue weighted by Crippen LogP contribution is 2.34. The van der Waals surface area contributed by atoms with Crippen molar-refractivity contribution in [3.63, 3.8) is 0 Å². The highest BCUT2D eigenvalue weighted by atomic mass is 16.5. The maximum atomic E-state index is 9.90. The van der Waals surface area contributed by atoms with Gasteiger partial charge in [-0.25, -0.2) is 9.97 Å². The number of rotatable bonds is 4. The summed E-state index contributed by atoms with van der Waals surface area (Å²) < 4.78 is 5.53. The summed E-state index contributed by atoms with van der Waals surface area (Å²) in [5.74, 6) is 0.697. The summed E-state index contributed by atoms with van der Waals surface area (Å²) in [5.41, 5.74) is 9.77. The van der Waals surface area contributed by atoms with Gasteiger partial charge in [-0.05, 0) is 38.1 Å². The Bertz CT molecular complexity index is 1290. The van der Waals surface area contributed by atoms with Crippen molar-refractivity contribution in [2.45, 2.75) is 18.3 Å². The van der Waals surface area contributed by atoms with E-state index in [1.54, 1.807) is 18.5 Å². The first-order valence-corrected chi connectivity index (χ1v) is 10.4. The number of nitrogens with one attached hydrogen (secondary N) is 1. The molecule has 32 heavy (non-hydrogen) atoms. The SMILES string of the molecule is N#CC1(c2cc(-c3cnc(N)c(-c4cc(-c5ccccc5)no4)n3)ccn2)CCNCC1. The van der Waals surface area contributed by atoms with Crippen LogP contribution in [0, 0.1) is 11.3 Å². The first-order valence-electron chi connectivity index (χ1n) is 10.4. The van der Waals surface area contributed by atoms with Crippen LogP contribution in [0.15, 0.2) is 65.4 Å². The summed E-state index contributed by atoms with van der Waals surface area (Å²) in [5, 5.41) is 17.4. The third-order valence-electron chi connectivity index (χ3n) is 5.83. The number of nitrogens with two attached hydrogens (primary N) is 1. The molecule has 4 heterocycles. The van der Waals surface area contributed by atoms with Gasteiger partial charge >= 0.3 is 0 Å². The van der Waals surface area contributed by atoms with E-state index in [-0.39, 0.29) is 5.82 Å². The summed E-state index contributed by atoms with van der Waals surface area (Å²) in [6.45, 7) is 1.58. The molecule has 4 aromatic rings. The number of hydrogen-bond donors (Lipinski definition) is 2. The highest BCUT2D eigenvalue weighted by molar-refractivity contribution is 5.73. The highest BCUT2D eigenvalue weighted by Gasteiger charge is 2.35. The van der Waals surface area contributed by atoms with Crippen LogP contribution in [0.2, 0.25) is 0 Å². The first-order chi connectivity index (χ1) is 15.7. The molecule has 1 aromatic carbocycles. The lowest BCUT2D eigenvalue weighted by molar-refractivity contribution is 0.375. The molecule has 1 aliphatic heterocycles. The standard InChI is InChI=1S/C24H21N7O/c25-15-24(7-10-27-11-8-24)21-12-17(6-9-28-21)19-14-29-23(26)22(30-19)20-13-18(31-32-20)16-4-2-1-3-5-16/h1-6,9,12-14,27H,7-8,10-11H2,(H2,26,29). The van der Waals surface area contributed by atoms with Crippen LogP contribution in [0.25, 0.3) is 34.0 Å². The van der Waals surface area contributed by atoms with Gasteiger partial charge in [0.05, 0.1) is 23.7 Å². The van der Waals surface area contributed by atoms with Crippen LogP contribution < -0.4 is 11.1 Å². The van der Waals surface area contributed by atoms with Gasteiger partial charge in [-0.3, -0.25) is 4.98 Å². The number of piperidine rings is 1. The maximum absolute atomic E-state index is 9.90. The summed E-state index contributed by atoms with van der Waals surface area (Å²) >= 11 is 0. The van der Waals surface area contributed by atoms with Crippen LogP contribution in [-0.4, -0.2) is 33.2 Å². The zero-order chi connectivity index (χ0) is 22.0. The van der Waals surface area contributed by atoms with Crippen molar-refractivity contribution >= 4 is 5.82 Å². The fourth-order valence-electron chi connectivity index (χ4n) is 3.98. The third kappa shape index (κ3) is 3.59. The molecule has 0 aliphatic carbocycles. The van der Waals surface area contributed by atoms with Crippen molar-refractivity contribution in [3.05, 3.63) is 66.6 Å². The van der Waals surface area contributed by atoms with E-state index in [1.807, 2.05) is 42.5 Å². The topological polar surface area (TPSA) is 127 Å². The van der Waals surface area contributed by atoms with E-state index in [2.05, 4.69) is 26.5 Å². The summed E-state index contributed by atoms with van der Waals surface area (Å²) in [6, 6.07) is 17.8. The molecular weight excluding hydrogens is 402 g/mol. The van der Waals surface area contributed by atoms with Crippen molar-refractivity contribution in [2.24, 2.45) is 0 Å². The van der Waals surface area contributed by atoms with Gasteiger partial charge in [-0.1, -0.05) is 35.5 Å². The molecule has 3 aromatic heterocycles. The lowest BCUT2D eigenvalue weighted by Crippen LogP contribution is -2.39. The Morgan fingerprint density at radius 1 is 1.00 bits per heavy atom. The molecule has 0 saturated carbocycles. The number of pyridine rings is 1. The Labute approximate surface area is 185 Å². The first kappa shape index (κ1) is 19.8. The number of anilines is 1. The number of nitrogens with zero attached hydrogens (tertiary/aromatic N) is 5. The van der Waals surface area contributed by atoms with E-state index < -0.39 is 5.41 Å². The molecule has 0 radical (unpaired) electrons. The van der Waals surface area contributed by atoms with E-state index in [9.17, 15) is 5.26 Å². The normalized spacial score (nSPS) is 15.2. The van der Waals surface area contributed by atoms with Gasteiger partial charge in [0.15, 0.2) is 17.3 Å². The van der Waals surface area contributed by atoms with Gasteiger partial charge in [0.2, 0.25) is 0 Å². The molecule has 0 amide bonds. The molecule has 8 heteroatoms. The van der Waals surface area contributed by atoms with Crippen molar-refractivity contribution in [1.82, 2.24) is 25.4 Å². The Kier molecular flexibility index (Phi) is 5.09. The van der Waals surface area contributed by atoms with Gasteiger partial charge in [-0.2, -0.15) is 5.26 Å². The van der Waals surface area contributed by atoms with Crippen LogP contribution in [0.3, 0.4) is 0 Å². The van der Waals surface area contributed by atoms with E-state index in [1.165, 1.54) is 0 Å². The molecule has 0 bridgehead atoms. The van der Waals surface area contributed by atoms with Crippen LogP contribution in [0.1, 0.15) is 18.5 Å². The molecule has 1 saturated heterocycles. The minimum atomic E-state index is -0.596. The predicted molar refractivity (Wildman–Crippen MR) is 120 cm³/mol. The van der Waals surface area contributed by atoms with Crippen LogP contribution in [0.4, 0.5) is 5.82 Å². The molecule has 1 fully saturated rings. The minimum absolute atomic E-state index is 0.255. The molecule has 1 aliphatic rings. The Morgan fingerprint density at radius 2 is 1.81 bits per heavy atom. The summed E-state index contributed by atoms with van der Waals surface area (Å²) in [7, 11) is 0. The van der Waals surface area contributed by atoms with Crippen molar-refractivity contribution in [1.29, 1.82) is 5.26 Å². The number of nitriles is 1. The van der Waals surface area contributed by atoms with Crippen LogP contribution >= 0.6 is 0 Å². The monoisotopic (exact) mass is 423 g/mol. The Hall–Kier alpha value is -4.09. The third-order valence-corrected chi connectivity index (χ3v) is 5.83. The molecule has 0 unspecified atom stereocenters. The molecule has 3 N–H and O–H groups in total. The minimum Gasteiger partial charge on any atom is -0.382 e. The molecule has 5 rings (SSSR count). The fraction of sp³-hybridized carbons (Fsp3) is 0.208. The Balaban J connectivity index is 1.51. The van der Waals surface area contributed by atoms with Crippen molar-refractivity contribution in [3.8, 4) is 40.0 Å². The zero-order valence-electron chi connectivity index (χ0n) is 17.3. The number of benzene rings is 1. The van der Waals surface area contributed by atoms with E-state index in [0.29, 0.717) is 22.8 Å². The zero-order valence-corrected chi connectivity index (χ0v) is 17.3. The van der Waals surface area contributed by atoms with Crippen molar-refractivity contribution < 1.29 is 4.52 Å². The van der Waals surface area contributed by atoms with Gasteiger partial charge in [-0.15, -0.1) is 0 Å². The van der Waals surface area contributed by atoms with Crippen LogP contribution in [0.5, 0.6) is 0 Å². The number of hydrogen-bond acceptors (Lipinski definition) is 8. The predicted octanol–water partition coefficient (Wildman–Crippen LogP) is 3.59. The second kappa shape index (κ2) is 8.21. The second-order valence-electron chi connectivity index (χ2n) is 7.81. The molecule has 8 nitrogen and oxygen atoms in total. The van der Waals surface area contributed by atoms with E-state index in [0.717, 1.165) is 42.8 Å². The second-order valence-corrected chi connectivity index (χ2v) is 7.81. The Morgan fingerprint density at radius 3 is 2.59 bits per heavy atom. The largest absolute Gasteiger partial charge is 0.382 e. The van der Waals surface area contributed by atoms with Gasteiger partial charge < -0.3 is 15.6 Å². The van der Waals surface area contributed by atoms with Gasteiger partial charge in [0.25, 0.3) is 0 Å². The van der Waals surface area contributed by atoms with Crippen LogP contribution in [-0.2, 0) is 5.41 Å². The fourth-order valence-corrected chi connectivity index (χ4v) is 3.98. The summed E-state index contributed by atoms with van der Waals surface area (Å²) in [6.07, 6.45) is 4.78. The molecule has 0 atom stereocenters. The number of nitrogen functional groups attached to an aromatic ring is 1. The smallest absolute Gasteiger partial charge is 0.189 e. The molecule has 158 valence electrons. The molecule has 0 spiro atoms. The van der Waals surface area contributed by atoms with Gasteiger partial charge in [0, 0.05) is 23.4 Å². The maximum Gasteiger partial charge on any atom is 0.189 e. The number of aromatic nitrogens is 4. The van der Waals surface area contributed by atoms with E-state index >= 15 is 0 Å². The summed E-state index contributed by atoms with van der Waals surface area (Å²) in [4.78, 5) is 13.6. The lowest BCUT2D eigenvalue weighted by Gasteiger charge is -2.30. The average Bonchev–Trinajstić information content (AvgIpc) is 3.35. The quantitative estimate of drug-likeness (QED) is 0.510. The van der Waals surface area contributed by atoms with Crippen molar-refractivity contribution in [2.75, 3.05) is 18.8 Å². The lowest BCUT2D eigenvalue weighted by atomic mass is 9.77. The van der Waals surface area contributed by atoms with E-state index in [4.69, 9.17) is 15.2 Å².